The number of benzene rings is 3. The van der Waals surface area contributed by atoms with Crippen molar-refractivity contribution < 1.29 is 31.5 Å². The number of hydrogen-bond donors (Lipinski definition) is 3. The summed E-state index contributed by atoms with van der Waals surface area (Å²) in [5.74, 6) is -1.50. The summed E-state index contributed by atoms with van der Waals surface area (Å²) < 4.78 is 41.7. The zero-order chi connectivity index (χ0) is 26.6. The van der Waals surface area contributed by atoms with Gasteiger partial charge in [0.25, 0.3) is 5.91 Å². The van der Waals surface area contributed by atoms with Crippen molar-refractivity contribution in [3.05, 3.63) is 76.8 Å². The molecule has 0 radical (unpaired) electrons. The van der Waals surface area contributed by atoms with E-state index < -0.39 is 43.7 Å². The Morgan fingerprint density at radius 2 is 1.61 bits per heavy atom. The Morgan fingerprint density at radius 3 is 2.19 bits per heavy atom. The van der Waals surface area contributed by atoms with Crippen molar-refractivity contribution in [2.75, 3.05) is 16.9 Å². The second-order valence-electron chi connectivity index (χ2n) is 7.80. The zero-order valence-corrected chi connectivity index (χ0v) is 21.8. The van der Waals surface area contributed by atoms with Crippen LogP contribution >= 0.6 is 11.6 Å². The molecule has 0 aliphatic heterocycles. The highest BCUT2D eigenvalue weighted by atomic mass is 35.5. The molecule has 2 unspecified atom stereocenters. The number of halogens is 1. The number of amides is 2. The Balaban J connectivity index is 1.73. The number of carbonyl (C=O) groups excluding carboxylic acids is 2. The summed E-state index contributed by atoms with van der Waals surface area (Å²) in [5, 5.41) is 13.8. The van der Waals surface area contributed by atoms with Gasteiger partial charge in [-0.25, -0.2) is 12.6 Å². The number of nitrogens with one attached hydrogen (secondary N) is 2. The van der Waals surface area contributed by atoms with Crippen LogP contribution in [-0.4, -0.2) is 41.1 Å². The van der Waals surface area contributed by atoms with Crippen molar-refractivity contribution >= 4 is 55.7 Å². The minimum Gasteiger partial charge on any atom is -0.506 e. The van der Waals surface area contributed by atoms with E-state index in [2.05, 4.69) is 10.6 Å². The van der Waals surface area contributed by atoms with E-state index in [1.807, 2.05) is 6.92 Å². The van der Waals surface area contributed by atoms with E-state index >= 15 is 0 Å². The monoisotopic (exact) mass is 550 g/mol. The lowest BCUT2D eigenvalue weighted by Crippen LogP contribution is -2.32. The lowest BCUT2D eigenvalue weighted by molar-refractivity contribution is -0.115. The first-order valence-electron chi connectivity index (χ1n) is 10.5. The minimum absolute atomic E-state index is 0.00491. The quantitative estimate of drug-likeness (QED) is 0.359. The largest absolute Gasteiger partial charge is 0.506 e. The van der Waals surface area contributed by atoms with Crippen molar-refractivity contribution in [3.63, 3.8) is 0 Å². The van der Waals surface area contributed by atoms with E-state index in [1.54, 1.807) is 12.1 Å². The second-order valence-corrected chi connectivity index (χ2v) is 11.4. The molecular formula is C24H23ClN2O7S2. The number of anilines is 2. The van der Waals surface area contributed by atoms with Gasteiger partial charge in [-0.2, -0.15) is 0 Å². The van der Waals surface area contributed by atoms with Crippen LogP contribution in [0.25, 0.3) is 0 Å². The summed E-state index contributed by atoms with van der Waals surface area (Å²) in [6.07, 6.45) is 1.36. The molecular weight excluding hydrogens is 528 g/mol. The highest BCUT2D eigenvalue weighted by Gasteiger charge is 2.30. The normalized spacial score (nSPS) is 12.9. The van der Waals surface area contributed by atoms with Gasteiger partial charge < -0.3 is 19.9 Å². The molecule has 0 saturated carbocycles. The molecule has 3 aromatic rings. The van der Waals surface area contributed by atoms with E-state index in [-0.39, 0.29) is 26.9 Å². The molecule has 36 heavy (non-hydrogen) atoms. The molecule has 3 rings (SSSR count). The molecule has 0 aromatic heterocycles. The van der Waals surface area contributed by atoms with Crippen molar-refractivity contribution in [3.8, 4) is 11.5 Å². The molecule has 190 valence electrons. The fraction of sp³-hybridized carbons (Fsp3) is 0.167. The molecule has 3 N–H and O–H groups in total. The second kappa shape index (κ2) is 11.1. The first kappa shape index (κ1) is 27.2. The Kier molecular flexibility index (Phi) is 8.39. The van der Waals surface area contributed by atoms with Gasteiger partial charge in [0, 0.05) is 17.9 Å². The molecule has 0 bridgehead atoms. The molecule has 9 nitrogen and oxygen atoms in total. The van der Waals surface area contributed by atoms with Gasteiger partial charge >= 0.3 is 0 Å². The Hall–Kier alpha value is -3.41. The van der Waals surface area contributed by atoms with Crippen LogP contribution in [0.1, 0.15) is 22.8 Å². The van der Waals surface area contributed by atoms with Gasteiger partial charge in [-0.15, -0.1) is 0 Å². The predicted molar refractivity (Wildman–Crippen MR) is 139 cm³/mol. The third-order valence-electron chi connectivity index (χ3n) is 5.11. The maximum Gasteiger partial charge on any atom is 0.255 e. The predicted octanol–water partition coefficient (Wildman–Crippen LogP) is 4.08. The summed E-state index contributed by atoms with van der Waals surface area (Å²) in [6, 6.07) is 14.3. The first-order chi connectivity index (χ1) is 16.9. The van der Waals surface area contributed by atoms with Gasteiger partial charge in [0.05, 0.1) is 21.3 Å². The summed E-state index contributed by atoms with van der Waals surface area (Å²) in [6.45, 7) is 3.07. The van der Waals surface area contributed by atoms with Gasteiger partial charge in [-0.3, -0.25) is 9.59 Å². The lowest BCUT2D eigenvalue weighted by atomic mass is 10.2. The number of phenolic OH excluding ortho intramolecular Hbond substituents is 1. The van der Waals surface area contributed by atoms with Gasteiger partial charge in [-0.05, 0) is 56.3 Å². The first-order valence-corrected chi connectivity index (χ1v) is 13.9. The van der Waals surface area contributed by atoms with Gasteiger partial charge in [-0.1, -0.05) is 29.3 Å². The van der Waals surface area contributed by atoms with Crippen LogP contribution in [-0.2, 0) is 25.7 Å². The number of carbonyl (C=O) groups is 2. The molecule has 0 saturated heterocycles. The summed E-state index contributed by atoms with van der Waals surface area (Å²) in [4.78, 5) is 25.2. The maximum absolute atomic E-state index is 12.8. The minimum atomic E-state index is -3.96. The standard InChI is InChI=1S/C24H23ClN2O7S2/c1-14-4-10-18(11-5-14)36(32,33)15(2)23(29)26-20-13-22(28)21(12-19(20)25)27-24(30)16-6-8-17(9-7-16)34-35(3)31/h4-13,15,28H,1-3H3,(H,26,29)(H,27,30). The van der Waals surface area contributed by atoms with Crippen LogP contribution in [0.15, 0.2) is 65.6 Å². The SMILES string of the molecule is Cc1ccc(S(=O)(=O)C(C)C(=O)Nc2cc(O)c(NC(=O)c3ccc(OS(C)=O)cc3)cc2Cl)cc1. The summed E-state index contributed by atoms with van der Waals surface area (Å²) in [5.41, 5.74) is 1.04. The summed E-state index contributed by atoms with van der Waals surface area (Å²) in [7, 11) is -3.96. The van der Waals surface area contributed by atoms with Crippen LogP contribution in [0.3, 0.4) is 0 Å². The van der Waals surface area contributed by atoms with Crippen LogP contribution < -0.4 is 14.8 Å². The third kappa shape index (κ3) is 6.42. The molecule has 2 atom stereocenters. The van der Waals surface area contributed by atoms with Gasteiger partial charge in [0.2, 0.25) is 17.0 Å². The van der Waals surface area contributed by atoms with Crippen LogP contribution in [0.2, 0.25) is 5.02 Å². The van der Waals surface area contributed by atoms with Crippen molar-refractivity contribution in [2.24, 2.45) is 0 Å². The lowest BCUT2D eigenvalue weighted by Gasteiger charge is -2.16. The van der Waals surface area contributed by atoms with E-state index in [1.165, 1.54) is 55.6 Å². The van der Waals surface area contributed by atoms with E-state index in [0.29, 0.717) is 5.75 Å². The highest BCUT2D eigenvalue weighted by Crippen LogP contribution is 2.34. The van der Waals surface area contributed by atoms with E-state index in [4.69, 9.17) is 15.8 Å². The van der Waals surface area contributed by atoms with Crippen molar-refractivity contribution in [1.82, 2.24) is 0 Å². The molecule has 0 aliphatic rings. The van der Waals surface area contributed by atoms with Crippen LogP contribution in [0.4, 0.5) is 11.4 Å². The molecule has 0 aliphatic carbocycles. The Labute approximate surface area is 216 Å². The van der Waals surface area contributed by atoms with Crippen LogP contribution in [0, 0.1) is 6.92 Å². The number of sulfone groups is 1. The maximum atomic E-state index is 12.8. The fourth-order valence-corrected chi connectivity index (χ4v) is 4.91. The number of aromatic hydroxyl groups is 1. The average molecular weight is 551 g/mol. The molecule has 2 amide bonds. The Bertz CT molecular complexity index is 1420. The zero-order valence-electron chi connectivity index (χ0n) is 19.4. The van der Waals surface area contributed by atoms with Gasteiger partial charge in [0.15, 0.2) is 9.84 Å². The molecule has 0 fully saturated rings. The number of phenols is 1. The van der Waals surface area contributed by atoms with E-state index in [9.17, 15) is 27.3 Å². The number of hydrogen-bond acceptors (Lipinski definition) is 7. The van der Waals surface area contributed by atoms with Crippen molar-refractivity contribution in [1.29, 1.82) is 0 Å². The third-order valence-corrected chi connectivity index (χ3v) is 7.92. The Morgan fingerprint density at radius 1 is 1.00 bits per heavy atom. The number of aryl methyl sites for hydroxylation is 1. The van der Waals surface area contributed by atoms with Crippen molar-refractivity contribution in [2.45, 2.75) is 24.0 Å². The number of rotatable bonds is 8. The molecule has 0 heterocycles. The fourth-order valence-electron chi connectivity index (χ4n) is 3.06. The highest BCUT2D eigenvalue weighted by molar-refractivity contribution is 7.92. The smallest absolute Gasteiger partial charge is 0.255 e. The molecule has 0 spiro atoms. The molecule has 12 heteroatoms. The topological polar surface area (TPSA) is 139 Å². The average Bonchev–Trinajstić information content (AvgIpc) is 2.82. The van der Waals surface area contributed by atoms with Crippen LogP contribution in [0.5, 0.6) is 11.5 Å². The summed E-state index contributed by atoms with van der Waals surface area (Å²) >= 11 is 4.72. The van der Waals surface area contributed by atoms with Gasteiger partial charge in [0.1, 0.15) is 16.7 Å². The molecule has 3 aromatic carbocycles. The van der Waals surface area contributed by atoms with E-state index in [0.717, 1.165) is 11.6 Å².